The van der Waals surface area contributed by atoms with Crippen LogP contribution in [0.2, 0.25) is 0 Å². The number of benzene rings is 6. The zero-order valence-corrected chi connectivity index (χ0v) is 20.7. The molecule has 8 rings (SSSR count). The largest absolute Gasteiger partial charge is 0.456 e. The van der Waals surface area contributed by atoms with E-state index < -0.39 is 0 Å². The highest BCUT2D eigenvalue weighted by molar-refractivity contribution is 7.25. The van der Waals surface area contributed by atoms with Crippen molar-refractivity contribution in [1.29, 1.82) is 0 Å². The van der Waals surface area contributed by atoms with Gasteiger partial charge in [-0.25, -0.2) is 0 Å². The quantitative estimate of drug-likeness (QED) is 0.244. The van der Waals surface area contributed by atoms with Crippen LogP contribution in [-0.4, -0.2) is 0 Å². The molecule has 0 saturated carbocycles. The van der Waals surface area contributed by atoms with Crippen molar-refractivity contribution in [2.45, 2.75) is 0 Å². The van der Waals surface area contributed by atoms with E-state index in [4.69, 9.17) is 4.42 Å². The van der Waals surface area contributed by atoms with Crippen molar-refractivity contribution >= 4 is 81.3 Å². The molecule has 2 heterocycles. The molecule has 0 aliphatic heterocycles. The monoisotopic (exact) mass is 491 g/mol. The Bertz CT molecular complexity index is 2100. The van der Waals surface area contributed by atoms with Crippen molar-refractivity contribution in [2.75, 3.05) is 4.90 Å². The molecule has 6 aromatic carbocycles. The molecule has 37 heavy (non-hydrogen) atoms. The Hall–Kier alpha value is -4.60. The predicted molar refractivity (Wildman–Crippen MR) is 159 cm³/mol. The summed E-state index contributed by atoms with van der Waals surface area (Å²) in [7, 11) is 0. The summed E-state index contributed by atoms with van der Waals surface area (Å²) < 4.78 is 8.76. The molecule has 0 aliphatic carbocycles. The van der Waals surface area contributed by atoms with Crippen LogP contribution in [0.15, 0.2) is 132 Å². The van der Waals surface area contributed by atoms with Gasteiger partial charge in [0.15, 0.2) is 0 Å². The Balaban J connectivity index is 1.34. The van der Waals surface area contributed by atoms with Crippen LogP contribution in [0, 0.1) is 0 Å². The summed E-state index contributed by atoms with van der Waals surface area (Å²) in [6.45, 7) is 0. The summed E-state index contributed by atoms with van der Waals surface area (Å²) in [4.78, 5) is 2.33. The van der Waals surface area contributed by atoms with Gasteiger partial charge < -0.3 is 9.32 Å². The third kappa shape index (κ3) is 3.25. The number of thiophene rings is 1. The van der Waals surface area contributed by atoms with Crippen LogP contribution in [0.1, 0.15) is 0 Å². The number of nitrogens with zero attached hydrogens (tertiary/aromatic N) is 1. The minimum Gasteiger partial charge on any atom is -0.456 e. The van der Waals surface area contributed by atoms with Crippen molar-refractivity contribution in [3.63, 3.8) is 0 Å². The van der Waals surface area contributed by atoms with Crippen molar-refractivity contribution in [1.82, 2.24) is 0 Å². The van der Waals surface area contributed by atoms with Crippen molar-refractivity contribution in [3.05, 3.63) is 127 Å². The Labute approximate surface area is 217 Å². The van der Waals surface area contributed by atoms with Crippen molar-refractivity contribution in [2.24, 2.45) is 0 Å². The molecule has 0 fully saturated rings. The Morgan fingerprint density at radius 2 is 1.16 bits per heavy atom. The van der Waals surface area contributed by atoms with Gasteiger partial charge in [-0.05, 0) is 77.5 Å². The standard InChI is InChI=1S/C34H21NOS/c1-2-8-24(9-3-1)35(26-16-17-32-29(21-26)27-10-4-6-12-31(27)36-32)25-15-14-22-19-30-28-11-5-7-13-33(28)37-34(30)20-23(22)18-25/h1-21H. The van der Waals surface area contributed by atoms with E-state index in [9.17, 15) is 0 Å². The van der Waals surface area contributed by atoms with Gasteiger partial charge in [0.1, 0.15) is 11.2 Å². The molecule has 0 aliphatic rings. The average molecular weight is 492 g/mol. The first-order valence-corrected chi connectivity index (χ1v) is 13.2. The van der Waals surface area contributed by atoms with Gasteiger partial charge in [0.2, 0.25) is 0 Å². The van der Waals surface area contributed by atoms with Gasteiger partial charge in [-0.2, -0.15) is 0 Å². The second-order valence-corrected chi connectivity index (χ2v) is 10.5. The molecule has 174 valence electrons. The lowest BCUT2D eigenvalue weighted by Crippen LogP contribution is -2.09. The van der Waals surface area contributed by atoms with Gasteiger partial charge in [0, 0.05) is 48.0 Å². The molecule has 0 spiro atoms. The van der Waals surface area contributed by atoms with Crippen molar-refractivity contribution < 1.29 is 4.42 Å². The number of rotatable bonds is 3. The van der Waals surface area contributed by atoms with Gasteiger partial charge in [-0.3, -0.25) is 0 Å². The highest BCUT2D eigenvalue weighted by Crippen LogP contribution is 2.41. The Morgan fingerprint density at radius 1 is 0.432 bits per heavy atom. The lowest BCUT2D eigenvalue weighted by molar-refractivity contribution is 0.669. The zero-order valence-electron chi connectivity index (χ0n) is 19.9. The van der Waals surface area contributed by atoms with Crippen LogP contribution in [0.25, 0.3) is 52.9 Å². The number of furan rings is 1. The molecule has 0 N–H and O–H groups in total. The van der Waals surface area contributed by atoms with Gasteiger partial charge in [-0.15, -0.1) is 11.3 Å². The molecule has 0 amide bonds. The average Bonchev–Trinajstić information content (AvgIpc) is 3.50. The summed E-state index contributed by atoms with van der Waals surface area (Å²) in [5.41, 5.74) is 5.18. The van der Waals surface area contributed by atoms with Crippen LogP contribution in [0.4, 0.5) is 17.1 Å². The van der Waals surface area contributed by atoms with Crippen LogP contribution in [0.3, 0.4) is 0 Å². The number of hydrogen-bond acceptors (Lipinski definition) is 3. The first-order valence-electron chi connectivity index (χ1n) is 12.4. The van der Waals surface area contributed by atoms with Gasteiger partial charge in [0.05, 0.1) is 0 Å². The molecule has 2 aromatic heterocycles. The zero-order chi connectivity index (χ0) is 24.3. The highest BCUT2D eigenvalue weighted by atomic mass is 32.1. The molecule has 0 unspecified atom stereocenters. The molecule has 0 atom stereocenters. The maximum Gasteiger partial charge on any atom is 0.135 e. The summed E-state index contributed by atoms with van der Waals surface area (Å²) in [6, 6.07) is 45.4. The number of hydrogen-bond donors (Lipinski definition) is 0. The lowest BCUT2D eigenvalue weighted by atomic mass is 10.0. The minimum absolute atomic E-state index is 0.906. The van der Waals surface area contributed by atoms with E-state index in [0.29, 0.717) is 0 Å². The number of fused-ring (bicyclic) bond motifs is 7. The highest BCUT2D eigenvalue weighted by Gasteiger charge is 2.16. The van der Waals surface area contributed by atoms with E-state index in [0.717, 1.165) is 39.0 Å². The summed E-state index contributed by atoms with van der Waals surface area (Å²) >= 11 is 1.86. The van der Waals surface area contributed by atoms with Crippen molar-refractivity contribution in [3.8, 4) is 0 Å². The summed E-state index contributed by atoms with van der Waals surface area (Å²) in [6.07, 6.45) is 0. The first-order chi connectivity index (χ1) is 18.3. The molecular weight excluding hydrogens is 470 g/mol. The van der Waals surface area contributed by atoms with Crippen LogP contribution >= 0.6 is 11.3 Å². The van der Waals surface area contributed by atoms with Gasteiger partial charge >= 0.3 is 0 Å². The first kappa shape index (κ1) is 20.6. The fourth-order valence-corrected chi connectivity index (χ4v) is 6.61. The van der Waals surface area contributed by atoms with E-state index >= 15 is 0 Å². The Kier molecular flexibility index (Phi) is 4.42. The minimum atomic E-state index is 0.906. The predicted octanol–water partition coefficient (Wildman–Crippen LogP) is 10.6. The van der Waals surface area contributed by atoms with E-state index in [1.165, 1.54) is 30.9 Å². The fourth-order valence-electron chi connectivity index (χ4n) is 5.47. The number of para-hydroxylation sites is 2. The fraction of sp³-hybridized carbons (Fsp3) is 0. The van der Waals surface area contributed by atoms with Gasteiger partial charge in [0.25, 0.3) is 0 Å². The van der Waals surface area contributed by atoms with Crippen LogP contribution < -0.4 is 4.90 Å². The molecule has 2 nitrogen and oxygen atoms in total. The third-order valence-corrected chi connectivity index (χ3v) is 8.34. The summed E-state index contributed by atoms with van der Waals surface area (Å²) in [5.74, 6) is 0. The topological polar surface area (TPSA) is 16.4 Å². The molecule has 0 radical (unpaired) electrons. The van der Waals surface area contributed by atoms with Crippen LogP contribution in [0.5, 0.6) is 0 Å². The molecular formula is C34H21NOS. The van der Waals surface area contributed by atoms with E-state index in [1.54, 1.807) is 0 Å². The normalized spacial score (nSPS) is 11.8. The Morgan fingerprint density at radius 3 is 2.08 bits per heavy atom. The summed E-state index contributed by atoms with van der Waals surface area (Å²) in [5, 5.41) is 7.43. The van der Waals surface area contributed by atoms with E-state index in [-0.39, 0.29) is 0 Å². The maximum atomic E-state index is 6.10. The molecule has 3 heteroatoms. The van der Waals surface area contributed by atoms with Gasteiger partial charge in [-0.1, -0.05) is 60.7 Å². The van der Waals surface area contributed by atoms with Crippen LogP contribution in [-0.2, 0) is 0 Å². The van der Waals surface area contributed by atoms with E-state index in [1.807, 2.05) is 23.5 Å². The SMILES string of the molecule is c1ccc(N(c2ccc3cc4c(cc3c2)sc2ccccc24)c2ccc3oc4ccccc4c3c2)cc1. The molecule has 0 bridgehead atoms. The lowest BCUT2D eigenvalue weighted by Gasteiger charge is -2.26. The second kappa shape index (κ2) is 7.95. The van der Waals surface area contributed by atoms with E-state index in [2.05, 4.69) is 120 Å². The number of anilines is 3. The molecule has 0 saturated heterocycles. The second-order valence-electron chi connectivity index (χ2n) is 9.43. The third-order valence-electron chi connectivity index (χ3n) is 7.21. The smallest absolute Gasteiger partial charge is 0.135 e. The molecule has 8 aromatic rings. The maximum absolute atomic E-state index is 6.10.